The maximum atomic E-state index is 12.7. The van der Waals surface area contributed by atoms with Gasteiger partial charge >= 0.3 is 0 Å². The summed E-state index contributed by atoms with van der Waals surface area (Å²) in [5.74, 6) is 0.984. The lowest BCUT2D eigenvalue weighted by Crippen LogP contribution is -2.42. The number of sulfonamides is 1. The number of hydrogen-bond donors (Lipinski definition) is 0. The van der Waals surface area contributed by atoms with Gasteiger partial charge in [-0.25, -0.2) is 8.42 Å². The van der Waals surface area contributed by atoms with Crippen molar-refractivity contribution >= 4 is 41.9 Å². The molecule has 0 bridgehead atoms. The molecule has 1 saturated heterocycles. The molecule has 0 radical (unpaired) electrons. The van der Waals surface area contributed by atoms with Crippen molar-refractivity contribution in [3.8, 4) is 0 Å². The topological polar surface area (TPSA) is 37.4 Å². The van der Waals surface area contributed by atoms with Crippen LogP contribution in [-0.4, -0.2) is 25.8 Å². The van der Waals surface area contributed by atoms with E-state index in [1.165, 1.54) is 0 Å². The van der Waals surface area contributed by atoms with E-state index in [9.17, 15) is 8.42 Å². The van der Waals surface area contributed by atoms with Gasteiger partial charge < -0.3 is 0 Å². The van der Waals surface area contributed by atoms with Gasteiger partial charge in [0.1, 0.15) is 0 Å². The number of rotatable bonds is 2. The van der Waals surface area contributed by atoms with E-state index >= 15 is 0 Å². The molecule has 2 unspecified atom stereocenters. The number of piperidine rings is 1. The second-order valence-corrected chi connectivity index (χ2v) is 8.86. The van der Waals surface area contributed by atoms with Crippen molar-refractivity contribution in [2.75, 3.05) is 13.1 Å². The SMILES string of the molecule is CC1CCN(S(=O)(=O)c2ccc(Br)cc2Br)CC1C. The summed E-state index contributed by atoms with van der Waals surface area (Å²) in [5, 5.41) is 0. The molecule has 1 heterocycles. The molecule has 1 aliphatic heterocycles. The predicted molar refractivity (Wildman–Crippen MR) is 83.5 cm³/mol. The van der Waals surface area contributed by atoms with Crippen molar-refractivity contribution in [1.29, 1.82) is 0 Å². The highest BCUT2D eigenvalue weighted by Gasteiger charge is 2.32. The molecule has 1 aliphatic rings. The van der Waals surface area contributed by atoms with Crippen molar-refractivity contribution < 1.29 is 8.42 Å². The summed E-state index contributed by atoms with van der Waals surface area (Å²) in [4.78, 5) is 0.345. The van der Waals surface area contributed by atoms with E-state index in [1.54, 1.807) is 22.5 Å². The van der Waals surface area contributed by atoms with Crippen molar-refractivity contribution in [2.45, 2.75) is 25.2 Å². The van der Waals surface area contributed by atoms with Gasteiger partial charge in [-0.3, -0.25) is 0 Å². The standard InChI is InChI=1S/C13H17Br2NO2S/c1-9-5-6-16(8-10(9)2)19(17,18)13-4-3-11(14)7-12(13)15/h3-4,7,9-10H,5-6,8H2,1-2H3. The smallest absolute Gasteiger partial charge is 0.207 e. The molecule has 1 aromatic rings. The van der Waals surface area contributed by atoms with Gasteiger partial charge in [0.2, 0.25) is 10.0 Å². The van der Waals surface area contributed by atoms with E-state index in [0.29, 0.717) is 34.3 Å². The molecule has 0 amide bonds. The second-order valence-electron chi connectivity index (χ2n) is 5.18. The van der Waals surface area contributed by atoms with Crippen LogP contribution in [0.25, 0.3) is 0 Å². The van der Waals surface area contributed by atoms with Crippen molar-refractivity contribution in [1.82, 2.24) is 4.31 Å². The fourth-order valence-corrected chi connectivity index (χ4v) is 5.53. The van der Waals surface area contributed by atoms with Gasteiger partial charge in [0.05, 0.1) is 4.90 Å². The summed E-state index contributed by atoms with van der Waals surface area (Å²) in [5.41, 5.74) is 0. The third-order valence-corrected chi connectivity index (χ3v) is 7.14. The van der Waals surface area contributed by atoms with Gasteiger partial charge in [0, 0.05) is 22.0 Å². The molecule has 2 rings (SSSR count). The van der Waals surface area contributed by atoms with Crippen LogP contribution in [0.4, 0.5) is 0 Å². The van der Waals surface area contributed by atoms with Crippen LogP contribution in [-0.2, 0) is 10.0 Å². The average Bonchev–Trinajstić information content (AvgIpc) is 2.32. The van der Waals surface area contributed by atoms with Gasteiger partial charge in [0.25, 0.3) is 0 Å². The molecule has 0 spiro atoms. The Hall–Kier alpha value is 0.0900. The molecule has 0 aliphatic carbocycles. The molecule has 1 fully saturated rings. The highest BCUT2D eigenvalue weighted by molar-refractivity contribution is 9.11. The molecule has 0 aromatic heterocycles. The Morgan fingerprint density at radius 3 is 2.47 bits per heavy atom. The first-order valence-electron chi connectivity index (χ1n) is 6.27. The highest BCUT2D eigenvalue weighted by atomic mass is 79.9. The third-order valence-electron chi connectivity index (χ3n) is 3.81. The number of halogens is 2. The minimum atomic E-state index is -3.40. The van der Waals surface area contributed by atoms with Gasteiger partial charge in [-0.2, -0.15) is 4.31 Å². The lowest BCUT2D eigenvalue weighted by atomic mass is 9.90. The average molecular weight is 411 g/mol. The lowest BCUT2D eigenvalue weighted by Gasteiger charge is -2.34. The van der Waals surface area contributed by atoms with Crippen LogP contribution in [0.5, 0.6) is 0 Å². The van der Waals surface area contributed by atoms with Crippen LogP contribution in [0.3, 0.4) is 0 Å². The van der Waals surface area contributed by atoms with E-state index in [1.807, 2.05) is 0 Å². The normalized spacial score (nSPS) is 25.5. The number of benzene rings is 1. The van der Waals surface area contributed by atoms with E-state index in [-0.39, 0.29) is 0 Å². The van der Waals surface area contributed by atoms with Crippen LogP contribution in [0.1, 0.15) is 20.3 Å². The molecule has 0 saturated carbocycles. The highest BCUT2D eigenvalue weighted by Crippen LogP contribution is 2.31. The van der Waals surface area contributed by atoms with Crippen molar-refractivity contribution in [3.63, 3.8) is 0 Å². The van der Waals surface area contributed by atoms with E-state index < -0.39 is 10.0 Å². The van der Waals surface area contributed by atoms with Crippen LogP contribution >= 0.6 is 31.9 Å². The van der Waals surface area contributed by atoms with E-state index in [4.69, 9.17) is 0 Å². The Morgan fingerprint density at radius 1 is 1.21 bits per heavy atom. The first kappa shape index (κ1) is 15.5. The van der Waals surface area contributed by atoms with Gasteiger partial charge in [0.15, 0.2) is 0 Å². The summed E-state index contributed by atoms with van der Waals surface area (Å²) in [7, 11) is -3.40. The minimum Gasteiger partial charge on any atom is -0.207 e. The minimum absolute atomic E-state index is 0.345. The Bertz CT molecular complexity index is 574. The molecule has 3 nitrogen and oxygen atoms in total. The molecule has 1 aromatic carbocycles. The summed E-state index contributed by atoms with van der Waals surface area (Å²) in [6, 6.07) is 5.17. The molecule has 19 heavy (non-hydrogen) atoms. The first-order valence-corrected chi connectivity index (χ1v) is 9.30. The number of hydrogen-bond acceptors (Lipinski definition) is 2. The maximum absolute atomic E-state index is 12.7. The number of nitrogens with zero attached hydrogens (tertiary/aromatic N) is 1. The van der Waals surface area contributed by atoms with E-state index in [2.05, 4.69) is 45.7 Å². The van der Waals surface area contributed by atoms with Crippen LogP contribution in [0.15, 0.2) is 32.0 Å². The summed E-state index contributed by atoms with van der Waals surface area (Å²) in [6.45, 7) is 5.51. The third kappa shape index (κ3) is 3.23. The molecule has 0 N–H and O–H groups in total. The molecular formula is C13H17Br2NO2S. The summed E-state index contributed by atoms with van der Waals surface area (Å²) in [6.07, 6.45) is 0.925. The summed E-state index contributed by atoms with van der Waals surface area (Å²) >= 11 is 6.68. The molecular weight excluding hydrogens is 394 g/mol. The summed E-state index contributed by atoms with van der Waals surface area (Å²) < 4.78 is 28.4. The van der Waals surface area contributed by atoms with Gasteiger partial charge in [-0.1, -0.05) is 29.8 Å². The lowest BCUT2D eigenvalue weighted by molar-refractivity contribution is 0.212. The fraction of sp³-hybridized carbons (Fsp3) is 0.538. The quantitative estimate of drug-likeness (QED) is 0.741. The zero-order valence-electron chi connectivity index (χ0n) is 10.9. The molecule has 106 valence electrons. The zero-order chi connectivity index (χ0) is 14.2. The van der Waals surface area contributed by atoms with Gasteiger partial charge in [-0.15, -0.1) is 0 Å². The predicted octanol–water partition coefficient (Wildman–Crippen LogP) is 3.88. The zero-order valence-corrected chi connectivity index (χ0v) is 14.9. The Morgan fingerprint density at radius 2 is 1.89 bits per heavy atom. The van der Waals surface area contributed by atoms with Crippen molar-refractivity contribution in [3.05, 3.63) is 27.1 Å². The molecule has 6 heteroatoms. The van der Waals surface area contributed by atoms with Gasteiger partial charge in [-0.05, 0) is 52.4 Å². The largest absolute Gasteiger partial charge is 0.244 e. The van der Waals surface area contributed by atoms with Crippen LogP contribution in [0.2, 0.25) is 0 Å². The Labute approximate surface area is 131 Å². The maximum Gasteiger partial charge on any atom is 0.244 e. The van der Waals surface area contributed by atoms with Crippen molar-refractivity contribution in [2.24, 2.45) is 11.8 Å². The second kappa shape index (κ2) is 5.84. The molecule has 2 atom stereocenters. The Balaban J connectivity index is 2.32. The monoisotopic (exact) mass is 409 g/mol. The van der Waals surface area contributed by atoms with Crippen LogP contribution in [0, 0.1) is 11.8 Å². The Kier molecular flexibility index (Phi) is 4.75. The van der Waals surface area contributed by atoms with Crippen LogP contribution < -0.4 is 0 Å². The fourth-order valence-electron chi connectivity index (χ4n) is 2.27. The first-order chi connectivity index (χ1) is 8.82. The van der Waals surface area contributed by atoms with E-state index in [0.717, 1.165) is 10.9 Å².